The molecular weight excluding hydrogens is 482 g/mol. The van der Waals surface area contributed by atoms with Crippen LogP contribution in [-0.2, 0) is 24.3 Å². The first kappa shape index (κ1) is 24.9. The first-order chi connectivity index (χ1) is 18.0. The molecule has 1 aliphatic carbocycles. The molecule has 1 aliphatic rings. The topological polar surface area (TPSA) is 84.9 Å². The van der Waals surface area contributed by atoms with Gasteiger partial charge in [-0.25, -0.2) is 4.79 Å². The van der Waals surface area contributed by atoms with Crippen molar-refractivity contribution in [2.45, 2.75) is 58.5 Å². The fourth-order valence-corrected chi connectivity index (χ4v) is 6.30. The van der Waals surface area contributed by atoms with Crippen molar-refractivity contribution in [3.63, 3.8) is 0 Å². The second kappa shape index (κ2) is 10.7. The summed E-state index contributed by atoms with van der Waals surface area (Å²) in [5.41, 5.74) is 2.47. The zero-order valence-electron chi connectivity index (χ0n) is 20.9. The molecule has 0 radical (unpaired) electrons. The number of aryl methyl sites for hydroxylation is 1. The van der Waals surface area contributed by atoms with E-state index in [-0.39, 0.29) is 30.3 Å². The molecule has 2 heterocycles. The Labute approximate surface area is 219 Å². The Balaban J connectivity index is 1.53. The van der Waals surface area contributed by atoms with E-state index < -0.39 is 5.69 Å². The van der Waals surface area contributed by atoms with E-state index in [1.165, 1.54) is 11.3 Å². The van der Waals surface area contributed by atoms with Crippen LogP contribution in [0, 0.1) is 17.2 Å². The average Bonchev–Trinajstić information content (AvgIpc) is 3.39. The molecule has 2 aromatic carbocycles. The highest BCUT2D eigenvalue weighted by atomic mass is 32.1. The molecule has 6 nitrogen and oxygen atoms in total. The van der Waals surface area contributed by atoms with Crippen molar-refractivity contribution in [1.82, 2.24) is 9.13 Å². The molecule has 0 spiro atoms. The normalized spacial score (nSPS) is 14.1. The molecule has 0 amide bonds. The molecule has 7 heteroatoms. The van der Waals surface area contributed by atoms with Crippen LogP contribution in [0.5, 0.6) is 0 Å². The summed E-state index contributed by atoms with van der Waals surface area (Å²) in [5.74, 6) is -0.0852. The number of hydrogen-bond acceptors (Lipinski definition) is 5. The number of rotatable bonds is 7. The molecule has 188 valence electrons. The minimum Gasteiger partial charge on any atom is -0.297 e. The summed E-state index contributed by atoms with van der Waals surface area (Å²) in [5, 5.41) is 9.94. The summed E-state index contributed by atoms with van der Waals surface area (Å²) in [6.45, 7) is 2.15. The monoisotopic (exact) mass is 511 g/mol. The molecule has 0 aliphatic heterocycles. The van der Waals surface area contributed by atoms with E-state index in [0.717, 1.165) is 64.7 Å². The van der Waals surface area contributed by atoms with Crippen LogP contribution in [0.3, 0.4) is 0 Å². The van der Waals surface area contributed by atoms with Crippen LogP contribution in [0.25, 0.3) is 21.3 Å². The lowest BCUT2D eigenvalue weighted by Gasteiger charge is -2.20. The van der Waals surface area contributed by atoms with Crippen LogP contribution in [-0.4, -0.2) is 14.9 Å². The van der Waals surface area contributed by atoms with Crippen molar-refractivity contribution in [3.8, 4) is 17.2 Å². The van der Waals surface area contributed by atoms with Gasteiger partial charge in [-0.2, -0.15) is 5.26 Å². The van der Waals surface area contributed by atoms with Crippen LogP contribution in [0.1, 0.15) is 55.0 Å². The molecule has 37 heavy (non-hydrogen) atoms. The van der Waals surface area contributed by atoms with Gasteiger partial charge in [-0.1, -0.05) is 68.7 Å². The van der Waals surface area contributed by atoms with Gasteiger partial charge in [-0.05, 0) is 48.1 Å². The summed E-state index contributed by atoms with van der Waals surface area (Å²) in [4.78, 5) is 41.7. The Hall–Kier alpha value is -3.76. The van der Waals surface area contributed by atoms with Crippen molar-refractivity contribution < 1.29 is 4.79 Å². The quantitative estimate of drug-likeness (QED) is 0.327. The van der Waals surface area contributed by atoms with Crippen molar-refractivity contribution in [1.29, 1.82) is 5.26 Å². The predicted molar refractivity (Wildman–Crippen MR) is 147 cm³/mol. The molecular formula is C30H29N3O3S. The number of aromatic nitrogens is 2. The van der Waals surface area contributed by atoms with Crippen LogP contribution < -0.4 is 11.2 Å². The number of ketones is 1. The fraction of sp³-hybridized carbons (Fsp3) is 0.333. The van der Waals surface area contributed by atoms with E-state index in [4.69, 9.17) is 0 Å². The predicted octanol–water partition coefficient (Wildman–Crippen LogP) is 5.52. The molecule has 0 N–H and O–H groups in total. The third-order valence-electron chi connectivity index (χ3n) is 7.32. The average molecular weight is 512 g/mol. The van der Waals surface area contributed by atoms with Gasteiger partial charge >= 0.3 is 5.69 Å². The molecule has 5 rings (SSSR count). The SMILES string of the molecule is CCc1cc2c(=O)n(CC(=O)C3CCCCC3)c(=O)n(Cc3ccc(-c4ccccc4C#N)cc3)c2s1. The highest BCUT2D eigenvalue weighted by Gasteiger charge is 2.24. The van der Waals surface area contributed by atoms with Gasteiger partial charge in [0.1, 0.15) is 4.83 Å². The van der Waals surface area contributed by atoms with E-state index in [1.807, 2.05) is 55.5 Å². The van der Waals surface area contributed by atoms with Gasteiger partial charge in [0.15, 0.2) is 5.78 Å². The number of thiophene rings is 1. The Morgan fingerprint density at radius 3 is 2.46 bits per heavy atom. The lowest BCUT2D eigenvalue weighted by molar-refractivity contribution is -0.124. The van der Waals surface area contributed by atoms with Crippen molar-refractivity contribution in [3.05, 3.63) is 91.4 Å². The van der Waals surface area contributed by atoms with Crippen LogP contribution in [0.4, 0.5) is 0 Å². The van der Waals surface area contributed by atoms with E-state index in [0.29, 0.717) is 15.8 Å². The second-order valence-corrected chi connectivity index (χ2v) is 10.8. The van der Waals surface area contributed by atoms with Crippen molar-refractivity contribution in [2.75, 3.05) is 0 Å². The number of carbonyl (C=O) groups excluding carboxylic acids is 1. The fourth-order valence-electron chi connectivity index (χ4n) is 5.22. The number of carbonyl (C=O) groups is 1. The van der Waals surface area contributed by atoms with E-state index in [1.54, 1.807) is 10.6 Å². The number of nitrogens with zero attached hydrogens (tertiary/aromatic N) is 3. The molecule has 2 aromatic heterocycles. The second-order valence-electron chi connectivity index (χ2n) is 9.70. The molecule has 4 aromatic rings. The highest BCUT2D eigenvalue weighted by Crippen LogP contribution is 2.27. The Morgan fingerprint density at radius 2 is 1.76 bits per heavy atom. The maximum atomic E-state index is 13.6. The zero-order chi connectivity index (χ0) is 25.9. The lowest BCUT2D eigenvalue weighted by Crippen LogP contribution is -2.42. The molecule has 1 saturated carbocycles. The van der Waals surface area contributed by atoms with Gasteiger partial charge in [0.25, 0.3) is 5.56 Å². The standard InChI is InChI=1S/C30H29N3O3S/c1-2-24-16-26-28(35)32(19-27(34)22-8-4-3-5-9-22)30(36)33(29(26)37-24)18-20-12-14-21(15-13-20)25-11-7-6-10-23(25)17-31/h6-7,10-16,22H,2-5,8-9,18-19H2,1H3. The maximum Gasteiger partial charge on any atom is 0.332 e. The van der Waals surface area contributed by atoms with Gasteiger partial charge in [0, 0.05) is 10.8 Å². The van der Waals surface area contributed by atoms with Gasteiger partial charge in [-0.3, -0.25) is 18.7 Å². The Morgan fingerprint density at radius 1 is 1.03 bits per heavy atom. The third kappa shape index (κ3) is 4.94. The molecule has 0 bridgehead atoms. The summed E-state index contributed by atoms with van der Waals surface area (Å²) in [6, 6.07) is 19.3. The highest BCUT2D eigenvalue weighted by molar-refractivity contribution is 7.18. The summed E-state index contributed by atoms with van der Waals surface area (Å²) in [6.07, 6.45) is 5.62. The number of benzene rings is 2. The van der Waals surface area contributed by atoms with Crippen LogP contribution >= 0.6 is 11.3 Å². The summed E-state index contributed by atoms with van der Waals surface area (Å²) < 4.78 is 2.77. The number of hydrogen-bond donors (Lipinski definition) is 0. The summed E-state index contributed by atoms with van der Waals surface area (Å²) in [7, 11) is 0. The zero-order valence-corrected chi connectivity index (χ0v) is 21.7. The minimum absolute atomic E-state index is 0.0174. The van der Waals surface area contributed by atoms with Crippen LogP contribution in [0.15, 0.2) is 64.2 Å². The van der Waals surface area contributed by atoms with Gasteiger partial charge < -0.3 is 0 Å². The van der Waals surface area contributed by atoms with Gasteiger partial charge in [-0.15, -0.1) is 11.3 Å². The number of fused-ring (bicyclic) bond motifs is 1. The molecule has 1 fully saturated rings. The van der Waals surface area contributed by atoms with Crippen molar-refractivity contribution >= 4 is 27.3 Å². The molecule has 0 atom stereocenters. The number of Topliss-reactive ketones (excluding diaryl/α,β-unsaturated/α-hetero) is 1. The molecule has 0 saturated heterocycles. The lowest BCUT2D eigenvalue weighted by atomic mass is 9.86. The Kier molecular flexibility index (Phi) is 7.20. The smallest absolute Gasteiger partial charge is 0.297 e. The number of nitriles is 1. The first-order valence-electron chi connectivity index (χ1n) is 12.9. The first-order valence-corrected chi connectivity index (χ1v) is 13.7. The van der Waals surface area contributed by atoms with Crippen LogP contribution in [0.2, 0.25) is 0 Å². The van der Waals surface area contributed by atoms with E-state index in [2.05, 4.69) is 6.07 Å². The molecule has 0 unspecified atom stereocenters. The van der Waals surface area contributed by atoms with Crippen molar-refractivity contribution in [2.24, 2.45) is 5.92 Å². The van der Waals surface area contributed by atoms with Gasteiger partial charge in [0.2, 0.25) is 0 Å². The largest absolute Gasteiger partial charge is 0.332 e. The Bertz CT molecular complexity index is 1610. The third-order valence-corrected chi connectivity index (χ3v) is 8.62. The maximum absolute atomic E-state index is 13.6. The van der Waals surface area contributed by atoms with E-state index in [9.17, 15) is 19.6 Å². The summed E-state index contributed by atoms with van der Waals surface area (Å²) >= 11 is 1.46. The minimum atomic E-state index is -0.440. The van der Waals surface area contributed by atoms with E-state index >= 15 is 0 Å². The van der Waals surface area contributed by atoms with Gasteiger partial charge in [0.05, 0.1) is 30.1 Å².